The van der Waals surface area contributed by atoms with Crippen molar-refractivity contribution in [1.29, 1.82) is 0 Å². The Balaban J connectivity index is 1.67. The molecule has 2 aliphatic heterocycles. The van der Waals surface area contributed by atoms with Gasteiger partial charge in [-0.1, -0.05) is 12.1 Å². The van der Waals surface area contributed by atoms with Crippen LogP contribution < -0.4 is 4.90 Å². The molecule has 2 aliphatic rings. The Kier molecular flexibility index (Phi) is 5.37. The van der Waals surface area contributed by atoms with Crippen molar-refractivity contribution in [2.75, 3.05) is 37.6 Å². The van der Waals surface area contributed by atoms with E-state index in [4.69, 9.17) is 4.74 Å². The second kappa shape index (κ2) is 7.39. The summed E-state index contributed by atoms with van der Waals surface area (Å²) in [6.07, 6.45) is -2.59. The minimum Gasteiger partial charge on any atom is -0.444 e. The number of hydrogen-bond donors (Lipinski definition) is 0. The van der Waals surface area contributed by atoms with Gasteiger partial charge in [0.1, 0.15) is 5.60 Å². The molecule has 0 unspecified atom stereocenters. The lowest BCUT2D eigenvalue weighted by atomic mass is 10.1. The molecular weight excluding hydrogens is 340 g/mol. The number of alkyl halides is 2. The Morgan fingerprint density at radius 2 is 1.85 bits per heavy atom. The van der Waals surface area contributed by atoms with Gasteiger partial charge in [0.15, 0.2) is 0 Å². The quantitative estimate of drug-likeness (QED) is 0.821. The third-order valence-corrected chi connectivity index (χ3v) is 4.72. The fourth-order valence-corrected chi connectivity index (χ4v) is 3.52. The van der Waals surface area contributed by atoms with Crippen molar-refractivity contribution in [2.45, 2.75) is 45.9 Å². The van der Waals surface area contributed by atoms with Crippen LogP contribution in [0.3, 0.4) is 0 Å². The van der Waals surface area contributed by atoms with Crippen LogP contribution in [0, 0.1) is 0 Å². The normalized spacial score (nSPS) is 18.4. The zero-order valence-corrected chi connectivity index (χ0v) is 15.7. The minimum atomic E-state index is -2.29. The van der Waals surface area contributed by atoms with Crippen LogP contribution in [0.4, 0.5) is 19.3 Å². The van der Waals surface area contributed by atoms with E-state index in [1.165, 1.54) is 0 Å². The van der Waals surface area contributed by atoms with Crippen LogP contribution in [-0.4, -0.2) is 60.6 Å². The highest BCUT2D eigenvalue weighted by Gasteiger charge is 2.31. The second-order valence-electron chi connectivity index (χ2n) is 7.93. The number of amides is 1. The number of halogens is 2. The zero-order valence-electron chi connectivity index (χ0n) is 15.7. The van der Waals surface area contributed by atoms with Crippen LogP contribution in [0.5, 0.6) is 0 Å². The van der Waals surface area contributed by atoms with E-state index in [0.717, 1.165) is 29.9 Å². The predicted molar refractivity (Wildman–Crippen MR) is 96.6 cm³/mol. The molecule has 1 aromatic carbocycles. The summed E-state index contributed by atoms with van der Waals surface area (Å²) in [7, 11) is 0. The first-order valence-corrected chi connectivity index (χ1v) is 9.07. The van der Waals surface area contributed by atoms with E-state index in [9.17, 15) is 13.6 Å². The van der Waals surface area contributed by atoms with Crippen LogP contribution >= 0.6 is 0 Å². The van der Waals surface area contributed by atoms with E-state index in [0.29, 0.717) is 26.2 Å². The van der Waals surface area contributed by atoms with Crippen molar-refractivity contribution < 1.29 is 18.3 Å². The smallest absolute Gasteiger partial charge is 0.410 e. The lowest BCUT2D eigenvalue weighted by Gasteiger charge is -2.36. The minimum absolute atomic E-state index is 0.160. The fraction of sp³-hybridized carbons (Fsp3) is 0.632. The Labute approximate surface area is 153 Å². The number of rotatable bonds is 3. The Bertz CT molecular complexity index is 653. The molecule has 0 radical (unpaired) electrons. The third kappa shape index (κ3) is 4.44. The van der Waals surface area contributed by atoms with Crippen LogP contribution in [0.1, 0.15) is 31.9 Å². The topological polar surface area (TPSA) is 36.0 Å². The highest BCUT2D eigenvalue weighted by atomic mass is 19.3. The zero-order chi connectivity index (χ0) is 18.9. The molecule has 7 heteroatoms. The third-order valence-electron chi connectivity index (χ3n) is 4.72. The van der Waals surface area contributed by atoms with Gasteiger partial charge in [0.2, 0.25) is 0 Å². The summed E-state index contributed by atoms with van der Waals surface area (Å²) in [5.74, 6) is 0. The monoisotopic (exact) mass is 367 g/mol. The maximum Gasteiger partial charge on any atom is 0.410 e. The first kappa shape index (κ1) is 18.9. The predicted octanol–water partition coefficient (Wildman–Crippen LogP) is 3.32. The second-order valence-corrected chi connectivity index (χ2v) is 7.93. The van der Waals surface area contributed by atoms with Gasteiger partial charge in [-0.15, -0.1) is 0 Å². The SMILES string of the molecule is CC(C)(C)OC(=O)N1Cc2cccc(N3CCN(CC(F)F)CC3)c2C1. The molecule has 144 valence electrons. The van der Waals surface area contributed by atoms with Crippen molar-refractivity contribution in [3.8, 4) is 0 Å². The van der Waals surface area contributed by atoms with Crippen molar-refractivity contribution in [3.63, 3.8) is 0 Å². The molecule has 0 atom stereocenters. The van der Waals surface area contributed by atoms with Gasteiger partial charge in [-0.05, 0) is 38.0 Å². The van der Waals surface area contributed by atoms with E-state index in [1.807, 2.05) is 32.9 Å². The number of anilines is 1. The maximum absolute atomic E-state index is 12.6. The Hall–Kier alpha value is -1.89. The molecule has 0 aliphatic carbocycles. The summed E-state index contributed by atoms with van der Waals surface area (Å²) in [4.78, 5) is 18.1. The van der Waals surface area contributed by atoms with Gasteiger partial charge < -0.3 is 9.64 Å². The summed E-state index contributed by atoms with van der Waals surface area (Å²) in [5, 5.41) is 0. The van der Waals surface area contributed by atoms with E-state index < -0.39 is 12.0 Å². The number of fused-ring (bicyclic) bond motifs is 1. The summed E-state index contributed by atoms with van der Waals surface area (Å²) < 4.78 is 30.6. The van der Waals surface area contributed by atoms with E-state index in [1.54, 1.807) is 9.80 Å². The average molecular weight is 367 g/mol. The lowest BCUT2D eigenvalue weighted by molar-refractivity contribution is 0.0242. The summed E-state index contributed by atoms with van der Waals surface area (Å²) in [5.41, 5.74) is 2.85. The standard InChI is InChI=1S/C19H27F2N3O2/c1-19(2,3)26-18(25)24-11-14-5-4-6-16(15(14)12-24)23-9-7-22(8-10-23)13-17(20)21/h4-6,17H,7-13H2,1-3H3. The summed E-state index contributed by atoms with van der Waals surface area (Å²) in [6.45, 7) is 9.18. The maximum atomic E-state index is 12.6. The summed E-state index contributed by atoms with van der Waals surface area (Å²) >= 11 is 0. The highest BCUT2D eigenvalue weighted by molar-refractivity contribution is 5.71. The number of hydrogen-bond acceptors (Lipinski definition) is 4. The molecule has 1 amide bonds. The number of nitrogens with zero attached hydrogens (tertiary/aromatic N) is 3. The van der Waals surface area contributed by atoms with Crippen molar-refractivity contribution in [3.05, 3.63) is 29.3 Å². The number of carbonyl (C=O) groups excluding carboxylic acids is 1. The molecular formula is C19H27F2N3O2. The molecule has 1 aromatic rings. The van der Waals surface area contributed by atoms with Gasteiger partial charge in [-0.2, -0.15) is 0 Å². The average Bonchev–Trinajstić information content (AvgIpc) is 2.98. The summed E-state index contributed by atoms with van der Waals surface area (Å²) in [6, 6.07) is 6.09. The first-order chi connectivity index (χ1) is 12.2. The molecule has 0 saturated carbocycles. The van der Waals surface area contributed by atoms with Crippen molar-refractivity contribution in [1.82, 2.24) is 9.80 Å². The molecule has 0 N–H and O–H groups in total. The van der Waals surface area contributed by atoms with E-state index in [2.05, 4.69) is 11.0 Å². The van der Waals surface area contributed by atoms with Gasteiger partial charge in [-0.25, -0.2) is 13.6 Å². The molecule has 1 saturated heterocycles. The Morgan fingerprint density at radius 1 is 1.15 bits per heavy atom. The number of benzene rings is 1. The van der Waals surface area contributed by atoms with E-state index in [-0.39, 0.29) is 12.6 Å². The first-order valence-electron chi connectivity index (χ1n) is 9.07. The molecule has 0 aromatic heterocycles. The molecule has 5 nitrogen and oxygen atoms in total. The number of carbonyl (C=O) groups is 1. The molecule has 1 fully saturated rings. The largest absolute Gasteiger partial charge is 0.444 e. The molecule has 0 bridgehead atoms. The molecule has 26 heavy (non-hydrogen) atoms. The van der Waals surface area contributed by atoms with Gasteiger partial charge in [0.05, 0.1) is 13.1 Å². The lowest BCUT2D eigenvalue weighted by Crippen LogP contribution is -2.48. The van der Waals surface area contributed by atoms with Crippen LogP contribution in [0.15, 0.2) is 18.2 Å². The molecule has 0 spiro atoms. The van der Waals surface area contributed by atoms with Crippen molar-refractivity contribution >= 4 is 11.8 Å². The molecule has 3 rings (SSSR count). The van der Waals surface area contributed by atoms with Gasteiger partial charge in [0.25, 0.3) is 6.43 Å². The van der Waals surface area contributed by atoms with Gasteiger partial charge >= 0.3 is 6.09 Å². The number of ether oxygens (including phenoxy) is 1. The Morgan fingerprint density at radius 3 is 2.46 bits per heavy atom. The van der Waals surface area contributed by atoms with Crippen LogP contribution in [-0.2, 0) is 17.8 Å². The van der Waals surface area contributed by atoms with Gasteiger partial charge in [-0.3, -0.25) is 9.80 Å². The fourth-order valence-electron chi connectivity index (χ4n) is 3.52. The van der Waals surface area contributed by atoms with E-state index >= 15 is 0 Å². The van der Waals surface area contributed by atoms with Crippen LogP contribution in [0.2, 0.25) is 0 Å². The van der Waals surface area contributed by atoms with Gasteiger partial charge in [0, 0.05) is 38.4 Å². The van der Waals surface area contributed by atoms with Crippen molar-refractivity contribution in [2.24, 2.45) is 0 Å². The van der Waals surface area contributed by atoms with Crippen LogP contribution in [0.25, 0.3) is 0 Å². The molecule has 2 heterocycles. The number of piperazine rings is 1. The highest BCUT2D eigenvalue weighted by Crippen LogP contribution is 2.33.